The largest absolute Gasteiger partial charge is 0.497 e. The Kier molecular flexibility index (Phi) is 6.47. The van der Waals surface area contributed by atoms with Crippen molar-refractivity contribution in [3.8, 4) is 5.75 Å². The van der Waals surface area contributed by atoms with Crippen LogP contribution in [-0.2, 0) is 5.75 Å². The number of anilines is 1. The van der Waals surface area contributed by atoms with E-state index in [2.05, 4.69) is 56.3 Å². The van der Waals surface area contributed by atoms with Crippen LogP contribution < -0.4 is 10.1 Å². The van der Waals surface area contributed by atoms with Crippen molar-refractivity contribution in [2.24, 2.45) is 0 Å². The van der Waals surface area contributed by atoms with Gasteiger partial charge in [0, 0.05) is 17.6 Å². The number of carbonyl (C=O) groups excluding carboxylic acids is 1. The minimum atomic E-state index is -0.299. The summed E-state index contributed by atoms with van der Waals surface area (Å²) in [5, 5.41) is 3.39. The van der Waals surface area contributed by atoms with Crippen LogP contribution in [0.4, 0.5) is 5.69 Å². The third-order valence-electron chi connectivity index (χ3n) is 3.74. The lowest BCUT2D eigenvalue weighted by molar-refractivity contribution is 0.102. The number of thioether (sulfide) groups is 1. The van der Waals surface area contributed by atoms with Crippen LogP contribution in [0.2, 0.25) is 0 Å². The lowest BCUT2D eigenvalue weighted by Gasteiger charge is -2.08. The molecule has 1 amide bonds. The molecular weight excluding hydrogens is 426 g/mol. The molecule has 0 aliphatic heterocycles. The number of aryl methyl sites for hydroxylation is 1. The Hall–Kier alpha value is -2.38. The summed E-state index contributed by atoms with van der Waals surface area (Å²) in [7, 11) is 1.60. The number of hydrogen-bond donors (Lipinski definition) is 1. The lowest BCUT2D eigenvalue weighted by Crippen LogP contribution is -2.15. The highest BCUT2D eigenvalue weighted by Crippen LogP contribution is 2.23. The Bertz CT molecular complexity index is 948. The zero-order valence-electron chi connectivity index (χ0n) is 14.9. The minimum absolute atomic E-state index is 0.299. The Morgan fingerprint density at radius 1 is 1.22 bits per heavy atom. The molecule has 1 aromatic heterocycles. The molecule has 0 aliphatic carbocycles. The maximum atomic E-state index is 12.6. The number of methoxy groups -OCH3 is 1. The van der Waals surface area contributed by atoms with E-state index >= 15 is 0 Å². The van der Waals surface area contributed by atoms with Crippen LogP contribution in [0.5, 0.6) is 5.75 Å². The number of hydrogen-bond acceptors (Lipinski definition) is 5. The Morgan fingerprint density at radius 2 is 2.00 bits per heavy atom. The predicted octanol–water partition coefficient (Wildman–Crippen LogP) is 5.10. The van der Waals surface area contributed by atoms with E-state index in [0.29, 0.717) is 21.0 Å². The minimum Gasteiger partial charge on any atom is -0.497 e. The topological polar surface area (TPSA) is 64.1 Å². The van der Waals surface area contributed by atoms with Gasteiger partial charge in [-0.1, -0.05) is 41.6 Å². The smallest absolute Gasteiger partial charge is 0.275 e. The van der Waals surface area contributed by atoms with E-state index in [0.717, 1.165) is 11.5 Å². The summed E-state index contributed by atoms with van der Waals surface area (Å²) in [6, 6.07) is 15.4. The van der Waals surface area contributed by atoms with Crippen LogP contribution in [-0.4, -0.2) is 23.0 Å². The van der Waals surface area contributed by atoms with Crippen LogP contribution in [0.3, 0.4) is 0 Å². The molecule has 1 N–H and O–H groups in total. The number of ether oxygens (including phenoxy) is 1. The number of benzene rings is 2. The normalized spacial score (nSPS) is 10.5. The molecule has 0 fully saturated rings. The van der Waals surface area contributed by atoms with E-state index < -0.39 is 0 Å². The molecule has 138 valence electrons. The first kappa shape index (κ1) is 19.4. The monoisotopic (exact) mass is 443 g/mol. The lowest BCUT2D eigenvalue weighted by atomic mass is 10.2. The molecule has 3 rings (SSSR count). The van der Waals surface area contributed by atoms with Crippen LogP contribution >= 0.6 is 27.7 Å². The standard InChI is InChI=1S/C20H18BrN3O2S/c1-13-4-3-5-14(10-13)12-27-20-22-11-17(21)18(24-20)19(25)23-15-6-8-16(26-2)9-7-15/h3-11H,12H2,1-2H3,(H,23,25). The zero-order valence-corrected chi connectivity index (χ0v) is 17.3. The van der Waals surface area contributed by atoms with E-state index in [1.165, 1.54) is 22.9 Å². The SMILES string of the molecule is COc1ccc(NC(=O)c2nc(SCc3cccc(C)c3)ncc2Br)cc1. The maximum absolute atomic E-state index is 12.6. The van der Waals surface area contributed by atoms with Crippen molar-refractivity contribution < 1.29 is 9.53 Å². The highest BCUT2D eigenvalue weighted by molar-refractivity contribution is 9.10. The molecule has 0 spiro atoms. The molecule has 5 nitrogen and oxygen atoms in total. The molecule has 0 aliphatic rings. The first-order chi connectivity index (χ1) is 13.0. The number of rotatable bonds is 6. The van der Waals surface area contributed by atoms with E-state index in [9.17, 15) is 4.79 Å². The van der Waals surface area contributed by atoms with Gasteiger partial charge in [0.15, 0.2) is 5.16 Å². The second kappa shape index (κ2) is 9.01. The van der Waals surface area contributed by atoms with E-state index in [1.54, 1.807) is 37.6 Å². The molecule has 0 unspecified atom stereocenters. The van der Waals surface area contributed by atoms with Gasteiger partial charge in [0.1, 0.15) is 11.4 Å². The number of nitrogens with one attached hydrogen (secondary N) is 1. The van der Waals surface area contributed by atoms with Crippen molar-refractivity contribution >= 4 is 39.3 Å². The average Bonchev–Trinajstić information content (AvgIpc) is 2.68. The van der Waals surface area contributed by atoms with Gasteiger partial charge < -0.3 is 10.1 Å². The van der Waals surface area contributed by atoms with Gasteiger partial charge in [-0.05, 0) is 52.7 Å². The van der Waals surface area contributed by atoms with Crippen LogP contribution in [0.15, 0.2) is 64.4 Å². The molecular formula is C20H18BrN3O2S. The molecule has 27 heavy (non-hydrogen) atoms. The molecule has 7 heteroatoms. The molecule has 0 atom stereocenters. The number of carbonyl (C=O) groups is 1. The van der Waals surface area contributed by atoms with Crippen molar-refractivity contribution in [2.75, 3.05) is 12.4 Å². The van der Waals surface area contributed by atoms with Crippen LogP contribution in [0, 0.1) is 6.92 Å². The van der Waals surface area contributed by atoms with Gasteiger partial charge in [-0.2, -0.15) is 0 Å². The van der Waals surface area contributed by atoms with Gasteiger partial charge in [0.2, 0.25) is 0 Å². The average molecular weight is 444 g/mol. The first-order valence-electron chi connectivity index (χ1n) is 8.21. The summed E-state index contributed by atoms with van der Waals surface area (Å²) in [4.78, 5) is 21.3. The van der Waals surface area contributed by atoms with E-state index in [1.807, 2.05) is 6.07 Å². The van der Waals surface area contributed by atoms with E-state index in [4.69, 9.17) is 4.74 Å². The van der Waals surface area contributed by atoms with Gasteiger partial charge in [0.05, 0.1) is 11.6 Å². The second-order valence-corrected chi connectivity index (χ2v) is 7.61. The fourth-order valence-corrected chi connectivity index (χ4v) is 3.52. The summed E-state index contributed by atoms with van der Waals surface area (Å²) in [5.41, 5.74) is 3.37. The van der Waals surface area contributed by atoms with Crippen molar-refractivity contribution in [1.82, 2.24) is 9.97 Å². The van der Waals surface area contributed by atoms with Gasteiger partial charge in [-0.3, -0.25) is 4.79 Å². The fourth-order valence-electron chi connectivity index (χ4n) is 2.39. The molecule has 0 saturated carbocycles. The molecule has 2 aromatic carbocycles. The van der Waals surface area contributed by atoms with E-state index in [-0.39, 0.29) is 5.91 Å². The Morgan fingerprint density at radius 3 is 2.70 bits per heavy atom. The molecule has 1 heterocycles. The first-order valence-corrected chi connectivity index (χ1v) is 9.99. The summed E-state index contributed by atoms with van der Waals surface area (Å²) in [5.74, 6) is 1.17. The van der Waals surface area contributed by atoms with Gasteiger partial charge in [-0.25, -0.2) is 9.97 Å². The van der Waals surface area contributed by atoms with Crippen LogP contribution in [0.1, 0.15) is 21.6 Å². The van der Waals surface area contributed by atoms with Crippen molar-refractivity contribution in [1.29, 1.82) is 0 Å². The predicted molar refractivity (Wildman–Crippen MR) is 111 cm³/mol. The number of nitrogens with zero attached hydrogens (tertiary/aromatic N) is 2. The number of halogens is 1. The van der Waals surface area contributed by atoms with Crippen molar-refractivity contribution in [3.05, 3.63) is 76.0 Å². The highest BCUT2D eigenvalue weighted by atomic mass is 79.9. The summed E-state index contributed by atoms with van der Waals surface area (Å²) < 4.78 is 5.67. The summed E-state index contributed by atoms with van der Waals surface area (Å²) in [6.45, 7) is 2.06. The third kappa shape index (κ3) is 5.30. The third-order valence-corrected chi connectivity index (χ3v) is 5.25. The Labute approximate surface area is 170 Å². The quantitative estimate of drug-likeness (QED) is 0.423. The molecule has 0 saturated heterocycles. The summed E-state index contributed by atoms with van der Waals surface area (Å²) in [6.07, 6.45) is 1.61. The second-order valence-electron chi connectivity index (χ2n) is 5.81. The molecule has 0 radical (unpaired) electrons. The highest BCUT2D eigenvalue weighted by Gasteiger charge is 2.14. The van der Waals surface area contributed by atoms with Gasteiger partial charge >= 0.3 is 0 Å². The molecule has 0 bridgehead atoms. The maximum Gasteiger partial charge on any atom is 0.275 e. The van der Waals surface area contributed by atoms with Crippen molar-refractivity contribution in [3.63, 3.8) is 0 Å². The van der Waals surface area contributed by atoms with Crippen LogP contribution in [0.25, 0.3) is 0 Å². The number of aromatic nitrogens is 2. The fraction of sp³-hybridized carbons (Fsp3) is 0.150. The Balaban J connectivity index is 1.70. The zero-order chi connectivity index (χ0) is 19.2. The van der Waals surface area contributed by atoms with Gasteiger partial charge in [0.25, 0.3) is 5.91 Å². The molecule has 3 aromatic rings. The van der Waals surface area contributed by atoms with Gasteiger partial charge in [-0.15, -0.1) is 0 Å². The number of amides is 1. The van der Waals surface area contributed by atoms with Crippen molar-refractivity contribution in [2.45, 2.75) is 17.8 Å². The summed E-state index contributed by atoms with van der Waals surface area (Å²) >= 11 is 4.85.